The lowest BCUT2D eigenvalue weighted by Crippen LogP contribution is -2.29. The van der Waals surface area contributed by atoms with E-state index in [9.17, 15) is 17.6 Å². The van der Waals surface area contributed by atoms with E-state index in [2.05, 4.69) is 5.32 Å². The number of sulfonamides is 1. The van der Waals surface area contributed by atoms with Gasteiger partial charge in [-0.25, -0.2) is 12.8 Å². The first kappa shape index (κ1) is 16.9. The van der Waals surface area contributed by atoms with Gasteiger partial charge in [-0.3, -0.25) is 4.79 Å². The van der Waals surface area contributed by atoms with Crippen molar-refractivity contribution in [3.8, 4) is 0 Å². The number of benzene rings is 1. The first-order chi connectivity index (χ1) is 10.5. The molecule has 0 radical (unpaired) electrons. The van der Waals surface area contributed by atoms with Gasteiger partial charge in [0.2, 0.25) is 10.0 Å². The Hall–Kier alpha value is -1.51. The van der Waals surface area contributed by atoms with Crippen LogP contribution in [0.1, 0.15) is 29.6 Å². The molecule has 1 aromatic carbocycles. The van der Waals surface area contributed by atoms with Crippen LogP contribution < -0.4 is 5.32 Å². The van der Waals surface area contributed by atoms with E-state index >= 15 is 0 Å². The Kier molecular flexibility index (Phi) is 5.49. The molecule has 0 aromatic heterocycles. The summed E-state index contributed by atoms with van der Waals surface area (Å²) in [5.74, 6) is -1.36. The fourth-order valence-electron chi connectivity index (χ4n) is 2.29. The van der Waals surface area contributed by atoms with Crippen LogP contribution in [0.4, 0.5) is 4.39 Å². The quantitative estimate of drug-likeness (QED) is 0.753. The van der Waals surface area contributed by atoms with Gasteiger partial charge < -0.3 is 10.4 Å². The summed E-state index contributed by atoms with van der Waals surface area (Å²) in [5, 5.41) is 11.2. The molecule has 1 saturated heterocycles. The van der Waals surface area contributed by atoms with Gasteiger partial charge in [-0.15, -0.1) is 0 Å². The van der Waals surface area contributed by atoms with Gasteiger partial charge in [-0.05, 0) is 37.5 Å². The molecule has 2 N–H and O–H groups in total. The molecule has 0 bridgehead atoms. The van der Waals surface area contributed by atoms with Crippen LogP contribution in [0.2, 0.25) is 0 Å². The van der Waals surface area contributed by atoms with Gasteiger partial charge in [-0.1, -0.05) is 0 Å². The molecule has 0 saturated carbocycles. The van der Waals surface area contributed by atoms with Crippen LogP contribution in [0, 0.1) is 5.82 Å². The second-order valence-corrected chi connectivity index (χ2v) is 7.00. The van der Waals surface area contributed by atoms with Gasteiger partial charge in [0.05, 0.1) is 0 Å². The monoisotopic (exact) mass is 330 g/mol. The van der Waals surface area contributed by atoms with E-state index in [1.807, 2.05) is 0 Å². The normalized spacial score (nSPS) is 15.9. The van der Waals surface area contributed by atoms with Crippen LogP contribution in [0.15, 0.2) is 23.1 Å². The van der Waals surface area contributed by atoms with Gasteiger partial charge in [0.15, 0.2) is 0 Å². The van der Waals surface area contributed by atoms with Crippen LogP contribution in [0.3, 0.4) is 0 Å². The third-order valence-electron chi connectivity index (χ3n) is 3.50. The van der Waals surface area contributed by atoms with Crippen molar-refractivity contribution in [1.29, 1.82) is 0 Å². The molecular weight excluding hydrogens is 311 g/mol. The minimum atomic E-state index is -3.91. The minimum Gasteiger partial charge on any atom is -0.396 e. The molecule has 0 aliphatic carbocycles. The smallest absolute Gasteiger partial charge is 0.251 e. The topological polar surface area (TPSA) is 86.7 Å². The van der Waals surface area contributed by atoms with Crippen LogP contribution in [0.5, 0.6) is 0 Å². The number of carbonyl (C=O) groups excluding carboxylic acids is 1. The highest BCUT2D eigenvalue weighted by Gasteiger charge is 2.30. The third-order valence-corrected chi connectivity index (χ3v) is 5.41. The van der Waals surface area contributed by atoms with E-state index in [4.69, 9.17) is 5.11 Å². The number of aliphatic hydroxyl groups excluding tert-OH is 1. The molecule has 0 unspecified atom stereocenters. The standard InChI is InChI=1S/C14H19FN2O4S/c15-12-5-4-11(14(19)16-6-3-9-18)10-13(12)22(20,21)17-7-1-2-8-17/h4-5,10,18H,1-3,6-9H2,(H,16,19). The van der Waals surface area contributed by atoms with Crippen molar-refractivity contribution in [2.75, 3.05) is 26.2 Å². The molecule has 1 aliphatic rings. The van der Waals surface area contributed by atoms with E-state index in [-0.39, 0.29) is 18.7 Å². The molecule has 2 rings (SSSR count). The van der Waals surface area contributed by atoms with E-state index in [0.29, 0.717) is 19.5 Å². The molecule has 1 fully saturated rings. The molecule has 0 atom stereocenters. The Morgan fingerprint density at radius 1 is 1.32 bits per heavy atom. The van der Waals surface area contributed by atoms with Crippen LogP contribution in [-0.4, -0.2) is 50.0 Å². The highest BCUT2D eigenvalue weighted by atomic mass is 32.2. The second-order valence-electron chi connectivity index (χ2n) is 5.09. The Bertz CT molecular complexity index is 642. The van der Waals surface area contributed by atoms with E-state index in [1.54, 1.807) is 0 Å². The van der Waals surface area contributed by atoms with E-state index in [0.717, 1.165) is 25.0 Å². The van der Waals surface area contributed by atoms with Gasteiger partial charge >= 0.3 is 0 Å². The number of rotatable bonds is 6. The summed E-state index contributed by atoms with van der Waals surface area (Å²) in [5.41, 5.74) is 0.0807. The number of aliphatic hydroxyl groups is 1. The van der Waals surface area contributed by atoms with Crippen molar-refractivity contribution >= 4 is 15.9 Å². The number of nitrogens with one attached hydrogen (secondary N) is 1. The molecule has 1 aliphatic heterocycles. The molecule has 0 spiro atoms. The zero-order valence-corrected chi connectivity index (χ0v) is 12.9. The highest BCUT2D eigenvalue weighted by molar-refractivity contribution is 7.89. The molecule has 22 heavy (non-hydrogen) atoms. The van der Waals surface area contributed by atoms with Crippen molar-refractivity contribution in [2.45, 2.75) is 24.2 Å². The fourth-order valence-corrected chi connectivity index (χ4v) is 3.90. The predicted octanol–water partition coefficient (Wildman–Crippen LogP) is 0.722. The van der Waals surface area contributed by atoms with E-state index < -0.39 is 26.6 Å². The zero-order chi connectivity index (χ0) is 16.2. The average molecular weight is 330 g/mol. The van der Waals surface area contributed by atoms with Crippen LogP contribution in [-0.2, 0) is 10.0 Å². The summed E-state index contributed by atoms with van der Waals surface area (Å²) >= 11 is 0. The lowest BCUT2D eigenvalue weighted by molar-refractivity contribution is 0.0951. The lowest BCUT2D eigenvalue weighted by atomic mass is 10.2. The molecule has 122 valence electrons. The van der Waals surface area contributed by atoms with Gasteiger partial charge in [0.25, 0.3) is 5.91 Å². The van der Waals surface area contributed by atoms with Crippen molar-refractivity contribution in [2.24, 2.45) is 0 Å². The molecule has 1 heterocycles. The largest absolute Gasteiger partial charge is 0.396 e. The number of hydrogen-bond acceptors (Lipinski definition) is 4. The second kappa shape index (κ2) is 7.17. The first-order valence-corrected chi connectivity index (χ1v) is 8.59. The highest BCUT2D eigenvalue weighted by Crippen LogP contribution is 2.24. The van der Waals surface area contributed by atoms with Crippen molar-refractivity contribution in [3.63, 3.8) is 0 Å². The zero-order valence-electron chi connectivity index (χ0n) is 12.1. The Morgan fingerprint density at radius 2 is 2.00 bits per heavy atom. The van der Waals surface area contributed by atoms with Gasteiger partial charge in [0.1, 0.15) is 10.7 Å². The van der Waals surface area contributed by atoms with Crippen molar-refractivity contribution in [1.82, 2.24) is 9.62 Å². The number of nitrogens with zero attached hydrogens (tertiary/aromatic N) is 1. The Labute approximate surface area is 129 Å². The Morgan fingerprint density at radius 3 is 2.64 bits per heavy atom. The van der Waals surface area contributed by atoms with Gasteiger partial charge in [0, 0.05) is 31.8 Å². The molecule has 1 aromatic rings. The maximum Gasteiger partial charge on any atom is 0.251 e. The SMILES string of the molecule is O=C(NCCCO)c1ccc(F)c(S(=O)(=O)N2CCCC2)c1. The fraction of sp³-hybridized carbons (Fsp3) is 0.500. The van der Waals surface area contributed by atoms with Gasteiger partial charge in [-0.2, -0.15) is 4.31 Å². The summed E-state index contributed by atoms with van der Waals surface area (Å²) < 4.78 is 40.0. The summed E-state index contributed by atoms with van der Waals surface area (Å²) in [7, 11) is -3.91. The van der Waals surface area contributed by atoms with Crippen LogP contribution >= 0.6 is 0 Å². The number of halogens is 1. The lowest BCUT2D eigenvalue weighted by Gasteiger charge is -2.16. The van der Waals surface area contributed by atoms with Crippen molar-refractivity contribution in [3.05, 3.63) is 29.6 Å². The average Bonchev–Trinajstić information content (AvgIpc) is 3.02. The summed E-state index contributed by atoms with van der Waals surface area (Å²) in [4.78, 5) is 11.4. The number of hydrogen-bond donors (Lipinski definition) is 2. The van der Waals surface area contributed by atoms with Crippen LogP contribution in [0.25, 0.3) is 0 Å². The molecule has 1 amide bonds. The predicted molar refractivity (Wildman–Crippen MR) is 78.4 cm³/mol. The summed E-state index contributed by atoms with van der Waals surface area (Å²) in [6, 6.07) is 3.30. The molecular formula is C14H19FN2O4S. The molecule has 8 heteroatoms. The number of carbonyl (C=O) groups is 1. The summed E-state index contributed by atoms with van der Waals surface area (Å²) in [6.07, 6.45) is 1.90. The molecule has 6 nitrogen and oxygen atoms in total. The first-order valence-electron chi connectivity index (χ1n) is 7.15. The third kappa shape index (κ3) is 3.63. The summed E-state index contributed by atoms with van der Waals surface area (Å²) in [6.45, 7) is 0.947. The number of amides is 1. The van der Waals surface area contributed by atoms with Crippen molar-refractivity contribution < 1.29 is 22.7 Å². The maximum absolute atomic E-state index is 13.9. The Balaban J connectivity index is 2.25. The van der Waals surface area contributed by atoms with E-state index in [1.165, 1.54) is 10.4 Å². The maximum atomic E-state index is 13.9. The minimum absolute atomic E-state index is 0.0573.